The zero-order valence-corrected chi connectivity index (χ0v) is 20.4. The van der Waals surface area contributed by atoms with Crippen LogP contribution in [0.15, 0.2) is 42.5 Å². The van der Waals surface area contributed by atoms with Crippen molar-refractivity contribution in [3.8, 4) is 5.75 Å². The Labute approximate surface area is 190 Å². The molecule has 6 nitrogen and oxygen atoms in total. The largest absolute Gasteiger partial charge is 0.497 e. The third kappa shape index (κ3) is 6.61. The summed E-state index contributed by atoms with van der Waals surface area (Å²) in [6.07, 6.45) is 1.80. The number of nitrogens with zero attached hydrogens (tertiary/aromatic N) is 1. The molecule has 2 aromatic carbocycles. The maximum atomic E-state index is 13.2. The lowest BCUT2D eigenvalue weighted by Crippen LogP contribution is -2.49. The van der Waals surface area contributed by atoms with Crippen LogP contribution in [0, 0.1) is 12.8 Å². The number of hydrogen-bond acceptors (Lipinski definition) is 4. The van der Waals surface area contributed by atoms with Crippen LogP contribution in [0.2, 0.25) is 5.02 Å². The first kappa shape index (κ1) is 25.0. The highest BCUT2D eigenvalue weighted by molar-refractivity contribution is 7.92. The summed E-state index contributed by atoms with van der Waals surface area (Å²) in [5.74, 6) is 0.668. The quantitative estimate of drug-likeness (QED) is 0.580. The van der Waals surface area contributed by atoms with Gasteiger partial charge in [-0.3, -0.25) is 9.10 Å². The van der Waals surface area contributed by atoms with E-state index in [1.807, 2.05) is 24.3 Å². The second kappa shape index (κ2) is 10.4. The summed E-state index contributed by atoms with van der Waals surface area (Å²) in [6.45, 7) is 7.51. The number of halogens is 1. The standard InChI is InChI=1S/C23H31ClN2O4S/c1-15(2)13-21(18-8-11-20(30-5)12-9-18)25-23(27)17(4)26(31(6,28)29)22-14-19(24)10-7-16(22)3/h7-12,14-15,17,21H,13H2,1-6H3,(H,25,27)/t17-,21+/m1/s1. The molecule has 0 aliphatic rings. The van der Waals surface area contributed by atoms with Crippen molar-refractivity contribution in [1.82, 2.24) is 5.32 Å². The fourth-order valence-corrected chi connectivity index (χ4v) is 4.87. The second-order valence-electron chi connectivity index (χ2n) is 8.13. The predicted molar refractivity (Wildman–Crippen MR) is 126 cm³/mol. The average Bonchev–Trinajstić information content (AvgIpc) is 2.68. The summed E-state index contributed by atoms with van der Waals surface area (Å²) in [7, 11) is -2.14. The molecule has 0 radical (unpaired) electrons. The lowest BCUT2D eigenvalue weighted by molar-refractivity contribution is -0.122. The molecule has 31 heavy (non-hydrogen) atoms. The van der Waals surface area contributed by atoms with E-state index in [0.29, 0.717) is 28.6 Å². The molecule has 8 heteroatoms. The molecule has 0 heterocycles. The van der Waals surface area contributed by atoms with Gasteiger partial charge in [-0.05, 0) is 61.6 Å². The lowest BCUT2D eigenvalue weighted by Gasteiger charge is -2.31. The zero-order valence-electron chi connectivity index (χ0n) is 18.8. The number of ether oxygens (including phenoxy) is 1. The van der Waals surface area contributed by atoms with Gasteiger partial charge < -0.3 is 10.1 Å². The maximum absolute atomic E-state index is 13.2. The van der Waals surface area contributed by atoms with Crippen LogP contribution in [0.3, 0.4) is 0 Å². The van der Waals surface area contributed by atoms with Crippen LogP contribution < -0.4 is 14.4 Å². The van der Waals surface area contributed by atoms with E-state index in [-0.39, 0.29) is 11.9 Å². The molecule has 0 saturated heterocycles. The maximum Gasteiger partial charge on any atom is 0.244 e. The van der Waals surface area contributed by atoms with Gasteiger partial charge in [-0.25, -0.2) is 8.42 Å². The van der Waals surface area contributed by atoms with Crippen LogP contribution >= 0.6 is 11.6 Å². The van der Waals surface area contributed by atoms with Crippen molar-refractivity contribution >= 4 is 33.2 Å². The normalized spacial score (nSPS) is 13.5. The molecule has 0 aromatic heterocycles. The first-order chi connectivity index (χ1) is 14.4. The number of carbonyl (C=O) groups is 1. The summed E-state index contributed by atoms with van der Waals surface area (Å²) >= 11 is 6.11. The van der Waals surface area contributed by atoms with E-state index in [0.717, 1.165) is 21.9 Å². The smallest absolute Gasteiger partial charge is 0.244 e. The molecule has 0 bridgehead atoms. The summed E-state index contributed by atoms with van der Waals surface area (Å²) in [4.78, 5) is 13.2. The van der Waals surface area contributed by atoms with Gasteiger partial charge in [0.05, 0.1) is 25.1 Å². The van der Waals surface area contributed by atoms with Crippen molar-refractivity contribution in [2.45, 2.75) is 46.2 Å². The van der Waals surface area contributed by atoms with Crippen LogP contribution in [0.5, 0.6) is 5.75 Å². The molecule has 170 valence electrons. The van der Waals surface area contributed by atoms with Crippen LogP contribution in [0.1, 0.15) is 44.4 Å². The highest BCUT2D eigenvalue weighted by Gasteiger charge is 2.31. The van der Waals surface area contributed by atoms with E-state index < -0.39 is 16.1 Å². The second-order valence-corrected chi connectivity index (χ2v) is 10.4. The Hall–Kier alpha value is -2.25. The molecular weight excluding hydrogens is 436 g/mol. The van der Waals surface area contributed by atoms with Crippen LogP contribution in [-0.4, -0.2) is 33.7 Å². The van der Waals surface area contributed by atoms with Crippen molar-refractivity contribution in [3.63, 3.8) is 0 Å². The monoisotopic (exact) mass is 466 g/mol. The minimum Gasteiger partial charge on any atom is -0.497 e. The molecule has 1 amide bonds. The molecule has 0 unspecified atom stereocenters. The third-order valence-electron chi connectivity index (χ3n) is 5.04. The van der Waals surface area contributed by atoms with E-state index in [1.54, 1.807) is 39.2 Å². The van der Waals surface area contributed by atoms with Gasteiger partial charge in [0.25, 0.3) is 0 Å². The van der Waals surface area contributed by atoms with E-state index in [9.17, 15) is 13.2 Å². The van der Waals surface area contributed by atoms with Crippen molar-refractivity contribution in [1.29, 1.82) is 0 Å². The van der Waals surface area contributed by atoms with Crippen LogP contribution in [-0.2, 0) is 14.8 Å². The number of aryl methyl sites for hydroxylation is 1. The number of benzene rings is 2. The lowest BCUT2D eigenvalue weighted by atomic mass is 9.96. The Bertz CT molecular complexity index is 1010. The van der Waals surface area contributed by atoms with Gasteiger partial charge in [-0.2, -0.15) is 0 Å². The number of hydrogen-bond donors (Lipinski definition) is 1. The van der Waals surface area contributed by atoms with E-state index in [1.165, 1.54) is 0 Å². The number of anilines is 1. The van der Waals surface area contributed by atoms with Gasteiger partial charge in [-0.15, -0.1) is 0 Å². The fraction of sp³-hybridized carbons (Fsp3) is 0.435. The predicted octanol–water partition coefficient (Wildman–Crippen LogP) is 4.72. The number of nitrogens with one attached hydrogen (secondary N) is 1. The Balaban J connectivity index is 2.36. The van der Waals surface area contributed by atoms with Crippen molar-refractivity contribution in [3.05, 3.63) is 58.6 Å². The fourth-order valence-electron chi connectivity index (χ4n) is 3.48. The van der Waals surface area contributed by atoms with Gasteiger partial charge in [0.1, 0.15) is 11.8 Å². The Kier molecular flexibility index (Phi) is 8.37. The summed E-state index contributed by atoms with van der Waals surface area (Å²) in [6, 6.07) is 11.3. The van der Waals surface area contributed by atoms with Crippen LogP contribution in [0.4, 0.5) is 5.69 Å². The van der Waals surface area contributed by atoms with Gasteiger partial charge in [0.15, 0.2) is 0 Å². The molecule has 2 rings (SSSR count). The number of carbonyl (C=O) groups excluding carboxylic acids is 1. The van der Waals surface area contributed by atoms with Crippen molar-refractivity contribution in [2.24, 2.45) is 5.92 Å². The molecule has 2 aromatic rings. The van der Waals surface area contributed by atoms with E-state index >= 15 is 0 Å². The van der Waals surface area contributed by atoms with Gasteiger partial charge in [0.2, 0.25) is 15.9 Å². The van der Waals surface area contributed by atoms with Gasteiger partial charge in [0, 0.05) is 5.02 Å². The minimum absolute atomic E-state index is 0.261. The number of methoxy groups -OCH3 is 1. The van der Waals surface area contributed by atoms with Crippen LogP contribution in [0.25, 0.3) is 0 Å². The molecule has 0 aliphatic heterocycles. The number of amides is 1. The zero-order chi connectivity index (χ0) is 23.3. The first-order valence-corrected chi connectivity index (χ1v) is 12.4. The SMILES string of the molecule is COc1ccc([C@H](CC(C)C)NC(=O)[C@@H](C)N(c2cc(Cl)ccc2C)S(C)(=O)=O)cc1. The first-order valence-electron chi connectivity index (χ1n) is 10.1. The van der Waals surface area contributed by atoms with Gasteiger partial charge >= 0.3 is 0 Å². The number of sulfonamides is 1. The summed E-state index contributed by atoms with van der Waals surface area (Å²) in [5, 5.41) is 3.44. The third-order valence-corrected chi connectivity index (χ3v) is 6.50. The molecule has 0 fully saturated rings. The average molecular weight is 467 g/mol. The highest BCUT2D eigenvalue weighted by atomic mass is 35.5. The molecule has 0 spiro atoms. The van der Waals surface area contributed by atoms with Crippen molar-refractivity contribution in [2.75, 3.05) is 17.7 Å². The van der Waals surface area contributed by atoms with E-state index in [2.05, 4.69) is 19.2 Å². The Morgan fingerprint density at radius 1 is 1.13 bits per heavy atom. The van der Waals surface area contributed by atoms with Crippen molar-refractivity contribution < 1.29 is 17.9 Å². The Morgan fingerprint density at radius 2 is 1.74 bits per heavy atom. The highest BCUT2D eigenvalue weighted by Crippen LogP contribution is 2.29. The van der Waals surface area contributed by atoms with E-state index in [4.69, 9.17) is 16.3 Å². The molecule has 0 aliphatic carbocycles. The summed E-state index contributed by atoms with van der Waals surface area (Å²) in [5.41, 5.74) is 2.03. The minimum atomic E-state index is -3.74. The van der Waals surface area contributed by atoms with Gasteiger partial charge in [-0.1, -0.05) is 43.6 Å². The molecular formula is C23H31ClN2O4S. The summed E-state index contributed by atoms with van der Waals surface area (Å²) < 4.78 is 31.6. The molecule has 0 saturated carbocycles. The topological polar surface area (TPSA) is 75.7 Å². The Morgan fingerprint density at radius 3 is 2.26 bits per heavy atom. The number of rotatable bonds is 9. The molecule has 2 atom stereocenters. The molecule has 1 N–H and O–H groups in total.